The van der Waals surface area contributed by atoms with Gasteiger partial charge >= 0.3 is 5.97 Å². The second-order valence-corrected chi connectivity index (χ2v) is 3.74. The lowest BCUT2D eigenvalue weighted by Gasteiger charge is -2.30. The summed E-state index contributed by atoms with van der Waals surface area (Å²) in [5.74, 6) is -0.976. The molecule has 1 saturated heterocycles. The third kappa shape index (κ3) is 3.51. The van der Waals surface area contributed by atoms with Crippen molar-refractivity contribution < 1.29 is 19.4 Å². The lowest BCUT2D eigenvalue weighted by atomic mass is 9.97. The Morgan fingerprint density at radius 3 is 2.47 bits per heavy atom. The van der Waals surface area contributed by atoms with Crippen molar-refractivity contribution in [3.8, 4) is 0 Å². The second kappa shape index (κ2) is 5.70. The van der Waals surface area contributed by atoms with Crippen LogP contribution in [0.1, 0.15) is 19.3 Å². The molecular weight excluding hydrogens is 198 g/mol. The fourth-order valence-corrected chi connectivity index (χ4v) is 1.72. The molecule has 5 nitrogen and oxygen atoms in total. The molecule has 0 spiro atoms. The summed E-state index contributed by atoms with van der Waals surface area (Å²) >= 11 is 0. The van der Waals surface area contributed by atoms with E-state index in [2.05, 4.69) is 0 Å². The molecule has 1 aliphatic rings. The van der Waals surface area contributed by atoms with Crippen LogP contribution in [0.25, 0.3) is 0 Å². The molecule has 1 amide bonds. The molecule has 1 fully saturated rings. The molecule has 0 aromatic carbocycles. The van der Waals surface area contributed by atoms with Gasteiger partial charge in [-0.05, 0) is 12.8 Å². The maximum atomic E-state index is 11.5. The molecule has 15 heavy (non-hydrogen) atoms. The molecule has 0 aliphatic carbocycles. The Kier molecular flexibility index (Phi) is 4.55. The lowest BCUT2D eigenvalue weighted by molar-refractivity contribution is -0.145. The molecule has 0 aromatic rings. The van der Waals surface area contributed by atoms with Crippen LogP contribution >= 0.6 is 0 Å². The average Bonchev–Trinajstić information content (AvgIpc) is 2.26. The molecule has 0 unspecified atom stereocenters. The molecule has 0 radical (unpaired) electrons. The van der Waals surface area contributed by atoms with Crippen LogP contribution in [0.3, 0.4) is 0 Å². The molecule has 1 heterocycles. The van der Waals surface area contributed by atoms with E-state index in [4.69, 9.17) is 9.84 Å². The van der Waals surface area contributed by atoms with Gasteiger partial charge in [-0.2, -0.15) is 0 Å². The standard InChI is InChI=1S/C10H17NO4/c1-15-7-4-9(12)11-5-2-8(3-6-11)10(13)14/h8H,2-7H2,1H3,(H,13,14). The third-order valence-corrected chi connectivity index (χ3v) is 2.72. The van der Waals surface area contributed by atoms with Crippen LogP contribution in [-0.2, 0) is 14.3 Å². The van der Waals surface area contributed by atoms with E-state index in [0.717, 1.165) is 0 Å². The first-order valence-corrected chi connectivity index (χ1v) is 5.14. The van der Waals surface area contributed by atoms with Crippen LogP contribution in [0.15, 0.2) is 0 Å². The van der Waals surface area contributed by atoms with E-state index in [-0.39, 0.29) is 11.8 Å². The van der Waals surface area contributed by atoms with Crippen molar-refractivity contribution in [3.63, 3.8) is 0 Å². The number of carbonyl (C=O) groups excluding carboxylic acids is 1. The summed E-state index contributed by atoms with van der Waals surface area (Å²) in [6.45, 7) is 1.54. The van der Waals surface area contributed by atoms with E-state index in [1.807, 2.05) is 0 Å². The van der Waals surface area contributed by atoms with Gasteiger partial charge in [0.05, 0.1) is 18.9 Å². The molecule has 1 rings (SSSR count). The topological polar surface area (TPSA) is 66.8 Å². The fraction of sp³-hybridized carbons (Fsp3) is 0.800. The van der Waals surface area contributed by atoms with Crippen LogP contribution < -0.4 is 0 Å². The maximum absolute atomic E-state index is 11.5. The molecule has 86 valence electrons. The number of hydrogen-bond acceptors (Lipinski definition) is 3. The summed E-state index contributed by atoms with van der Waals surface area (Å²) < 4.78 is 4.82. The van der Waals surface area contributed by atoms with Crippen LogP contribution in [0.4, 0.5) is 0 Å². The van der Waals surface area contributed by atoms with Crippen molar-refractivity contribution in [2.24, 2.45) is 5.92 Å². The van der Waals surface area contributed by atoms with Crippen molar-refractivity contribution in [1.82, 2.24) is 4.90 Å². The zero-order valence-corrected chi connectivity index (χ0v) is 8.94. The number of methoxy groups -OCH3 is 1. The Bertz CT molecular complexity index is 234. The molecule has 0 aromatic heterocycles. The highest BCUT2D eigenvalue weighted by atomic mass is 16.5. The highest BCUT2D eigenvalue weighted by molar-refractivity contribution is 5.77. The lowest BCUT2D eigenvalue weighted by Crippen LogP contribution is -2.40. The van der Waals surface area contributed by atoms with Gasteiger partial charge in [0.2, 0.25) is 5.91 Å². The smallest absolute Gasteiger partial charge is 0.306 e. The van der Waals surface area contributed by atoms with Crippen molar-refractivity contribution in [3.05, 3.63) is 0 Å². The summed E-state index contributed by atoms with van der Waals surface area (Å²) in [6, 6.07) is 0. The highest BCUT2D eigenvalue weighted by Crippen LogP contribution is 2.17. The predicted octanol–water partition coefficient (Wildman–Crippen LogP) is 0.346. The van der Waals surface area contributed by atoms with E-state index in [0.29, 0.717) is 39.0 Å². The summed E-state index contributed by atoms with van der Waals surface area (Å²) in [6.07, 6.45) is 1.51. The largest absolute Gasteiger partial charge is 0.481 e. The SMILES string of the molecule is COCCC(=O)N1CCC(C(=O)O)CC1. The zero-order chi connectivity index (χ0) is 11.3. The van der Waals surface area contributed by atoms with Crippen LogP contribution in [0, 0.1) is 5.92 Å². The normalized spacial score (nSPS) is 17.8. The van der Waals surface area contributed by atoms with Gasteiger partial charge in [-0.15, -0.1) is 0 Å². The Morgan fingerprint density at radius 1 is 1.40 bits per heavy atom. The van der Waals surface area contributed by atoms with E-state index in [1.54, 1.807) is 12.0 Å². The number of carboxylic acid groups (broad SMARTS) is 1. The molecule has 0 saturated carbocycles. The van der Waals surface area contributed by atoms with Gasteiger partial charge in [-0.1, -0.05) is 0 Å². The number of nitrogens with zero attached hydrogens (tertiary/aromatic N) is 1. The van der Waals surface area contributed by atoms with Crippen LogP contribution in [0.5, 0.6) is 0 Å². The first-order valence-electron chi connectivity index (χ1n) is 5.14. The van der Waals surface area contributed by atoms with Crippen molar-refractivity contribution in [2.75, 3.05) is 26.8 Å². The van der Waals surface area contributed by atoms with E-state index >= 15 is 0 Å². The minimum Gasteiger partial charge on any atom is -0.481 e. The maximum Gasteiger partial charge on any atom is 0.306 e. The van der Waals surface area contributed by atoms with Crippen molar-refractivity contribution in [1.29, 1.82) is 0 Å². The van der Waals surface area contributed by atoms with Gasteiger partial charge in [-0.3, -0.25) is 9.59 Å². The van der Waals surface area contributed by atoms with E-state index < -0.39 is 5.97 Å². The number of hydrogen-bond donors (Lipinski definition) is 1. The van der Waals surface area contributed by atoms with Crippen molar-refractivity contribution in [2.45, 2.75) is 19.3 Å². The van der Waals surface area contributed by atoms with E-state index in [9.17, 15) is 9.59 Å². The molecule has 5 heteroatoms. The number of rotatable bonds is 4. The quantitative estimate of drug-likeness (QED) is 0.734. The molecule has 0 atom stereocenters. The monoisotopic (exact) mass is 215 g/mol. The molecular formula is C10H17NO4. The number of carboxylic acids is 1. The first kappa shape index (κ1) is 12.0. The van der Waals surface area contributed by atoms with Gasteiger partial charge in [-0.25, -0.2) is 0 Å². The van der Waals surface area contributed by atoms with Gasteiger partial charge in [0, 0.05) is 20.2 Å². The van der Waals surface area contributed by atoms with Crippen LogP contribution in [-0.4, -0.2) is 48.7 Å². The van der Waals surface area contributed by atoms with Gasteiger partial charge in [0.1, 0.15) is 0 Å². The fourth-order valence-electron chi connectivity index (χ4n) is 1.72. The second-order valence-electron chi connectivity index (χ2n) is 3.74. The Morgan fingerprint density at radius 2 is 2.00 bits per heavy atom. The summed E-state index contributed by atoms with van der Waals surface area (Å²) in [5, 5.41) is 8.78. The first-order chi connectivity index (χ1) is 7.15. The predicted molar refractivity (Wildman–Crippen MR) is 53.4 cm³/mol. The van der Waals surface area contributed by atoms with Gasteiger partial charge in [0.25, 0.3) is 0 Å². The number of ether oxygens (including phenoxy) is 1. The summed E-state index contributed by atoms with van der Waals surface area (Å²) in [5.41, 5.74) is 0. The van der Waals surface area contributed by atoms with Crippen LogP contribution in [0.2, 0.25) is 0 Å². The number of aliphatic carboxylic acids is 1. The summed E-state index contributed by atoms with van der Waals surface area (Å²) in [7, 11) is 1.56. The Balaban J connectivity index is 2.30. The third-order valence-electron chi connectivity index (χ3n) is 2.72. The zero-order valence-electron chi connectivity index (χ0n) is 8.94. The van der Waals surface area contributed by atoms with Gasteiger partial charge in [0.15, 0.2) is 0 Å². The number of amides is 1. The number of likely N-dealkylation sites (tertiary alicyclic amines) is 1. The minimum absolute atomic E-state index is 0.0562. The number of piperidine rings is 1. The van der Waals surface area contributed by atoms with Crippen molar-refractivity contribution >= 4 is 11.9 Å². The number of carbonyl (C=O) groups is 2. The van der Waals surface area contributed by atoms with Gasteiger partial charge < -0.3 is 14.7 Å². The minimum atomic E-state index is -0.751. The summed E-state index contributed by atoms with van der Waals surface area (Å²) in [4.78, 5) is 23.9. The average molecular weight is 215 g/mol. The van der Waals surface area contributed by atoms with E-state index in [1.165, 1.54) is 0 Å². The molecule has 0 bridgehead atoms. The Labute approximate surface area is 89.0 Å². The molecule has 1 N–H and O–H groups in total. The molecule has 1 aliphatic heterocycles. The Hall–Kier alpha value is -1.10. The highest BCUT2D eigenvalue weighted by Gasteiger charge is 2.26.